The van der Waals surface area contributed by atoms with Gasteiger partial charge < -0.3 is 18.9 Å². The molecule has 0 aliphatic carbocycles. The highest BCUT2D eigenvalue weighted by Gasteiger charge is 2.34. The van der Waals surface area contributed by atoms with Gasteiger partial charge in [0.1, 0.15) is 4.83 Å². The highest BCUT2D eigenvalue weighted by Crippen LogP contribution is 2.41. The molecular formula is C21H26BrNO7S. The molecule has 0 fully saturated rings. The average Bonchev–Trinajstić information content (AvgIpc) is 2.76. The molecule has 0 unspecified atom stereocenters. The molecule has 0 radical (unpaired) electrons. The van der Waals surface area contributed by atoms with Gasteiger partial charge in [0.25, 0.3) is 0 Å². The van der Waals surface area contributed by atoms with Crippen molar-refractivity contribution in [3.63, 3.8) is 0 Å². The number of alkyl halides is 1. The number of rotatable bonds is 10. The standard InChI is InChI=1S/C21H26BrNO7S/c1-6-30-21(24)18(22)19(23-31(25,26)15-9-7-13(2)8-10-15)14-11-16(27-3)20(29-5)17(12-14)28-4/h7-12,18-19,23H,6H2,1-5H3/t18-,19-/m1/s1. The summed E-state index contributed by atoms with van der Waals surface area (Å²) in [5.41, 5.74) is 1.34. The molecule has 0 bridgehead atoms. The van der Waals surface area contributed by atoms with Crippen LogP contribution in [0.4, 0.5) is 0 Å². The summed E-state index contributed by atoms with van der Waals surface area (Å²) < 4.78 is 49.9. The van der Waals surface area contributed by atoms with E-state index in [1.54, 1.807) is 31.2 Å². The summed E-state index contributed by atoms with van der Waals surface area (Å²) in [7, 11) is 0.384. The van der Waals surface area contributed by atoms with Gasteiger partial charge in [-0.1, -0.05) is 33.6 Å². The highest BCUT2D eigenvalue weighted by atomic mass is 79.9. The van der Waals surface area contributed by atoms with Gasteiger partial charge >= 0.3 is 5.97 Å². The third-order valence-corrected chi connectivity index (χ3v) is 6.82. The molecule has 10 heteroatoms. The van der Waals surface area contributed by atoms with Crippen LogP contribution >= 0.6 is 15.9 Å². The van der Waals surface area contributed by atoms with Crippen LogP contribution in [0, 0.1) is 6.92 Å². The number of aryl methyl sites for hydroxylation is 1. The first kappa shape index (κ1) is 25.0. The fraction of sp³-hybridized carbons (Fsp3) is 0.381. The zero-order valence-corrected chi connectivity index (χ0v) is 20.4. The van der Waals surface area contributed by atoms with Crippen molar-refractivity contribution in [2.45, 2.75) is 29.6 Å². The van der Waals surface area contributed by atoms with Gasteiger partial charge in [0.05, 0.1) is 38.9 Å². The molecule has 0 spiro atoms. The molecule has 2 atom stereocenters. The van der Waals surface area contributed by atoms with E-state index in [4.69, 9.17) is 18.9 Å². The Labute approximate surface area is 191 Å². The number of methoxy groups -OCH3 is 3. The fourth-order valence-electron chi connectivity index (χ4n) is 2.89. The van der Waals surface area contributed by atoms with Crippen LogP contribution in [0.25, 0.3) is 0 Å². The van der Waals surface area contributed by atoms with Crippen LogP contribution in [0.5, 0.6) is 17.2 Å². The molecule has 31 heavy (non-hydrogen) atoms. The molecule has 8 nitrogen and oxygen atoms in total. The van der Waals surface area contributed by atoms with E-state index >= 15 is 0 Å². The molecule has 170 valence electrons. The summed E-state index contributed by atoms with van der Waals surface area (Å²) in [6.45, 7) is 3.67. The van der Waals surface area contributed by atoms with Gasteiger partial charge in [-0.3, -0.25) is 4.79 Å². The number of esters is 1. The predicted octanol–water partition coefficient (Wildman–Crippen LogP) is 3.37. The Bertz CT molecular complexity index is 984. The zero-order chi connectivity index (χ0) is 23.2. The van der Waals surface area contributed by atoms with Gasteiger partial charge in [-0.05, 0) is 43.7 Å². The molecule has 0 saturated carbocycles. The molecular weight excluding hydrogens is 490 g/mol. The lowest BCUT2D eigenvalue weighted by molar-refractivity contribution is -0.142. The lowest BCUT2D eigenvalue weighted by atomic mass is 10.0. The Hall–Kier alpha value is -2.30. The number of sulfonamides is 1. The Morgan fingerprint density at radius 1 is 1.03 bits per heavy atom. The van der Waals surface area contributed by atoms with E-state index in [1.165, 1.54) is 33.5 Å². The van der Waals surface area contributed by atoms with E-state index in [0.717, 1.165) is 5.56 Å². The van der Waals surface area contributed by atoms with E-state index in [0.29, 0.717) is 22.8 Å². The quantitative estimate of drug-likeness (QED) is 0.382. The highest BCUT2D eigenvalue weighted by molar-refractivity contribution is 9.10. The minimum Gasteiger partial charge on any atom is -0.493 e. The maximum atomic E-state index is 13.1. The van der Waals surface area contributed by atoms with Crippen molar-refractivity contribution >= 4 is 31.9 Å². The molecule has 2 rings (SSSR count). The molecule has 0 aromatic heterocycles. The number of halogens is 1. The Morgan fingerprint density at radius 3 is 2.03 bits per heavy atom. The van der Waals surface area contributed by atoms with Crippen molar-refractivity contribution in [1.29, 1.82) is 0 Å². The summed E-state index contributed by atoms with van der Waals surface area (Å²) in [6, 6.07) is 8.52. The van der Waals surface area contributed by atoms with Crippen LogP contribution < -0.4 is 18.9 Å². The summed E-state index contributed by atoms with van der Waals surface area (Å²) in [4.78, 5) is 11.5. The molecule has 0 heterocycles. The second kappa shape index (κ2) is 10.8. The maximum absolute atomic E-state index is 13.1. The first-order valence-electron chi connectivity index (χ1n) is 9.38. The zero-order valence-electron chi connectivity index (χ0n) is 18.0. The van der Waals surface area contributed by atoms with Gasteiger partial charge in [-0.15, -0.1) is 0 Å². The molecule has 2 aromatic carbocycles. The molecule has 2 aromatic rings. The van der Waals surface area contributed by atoms with Crippen LogP contribution in [0.3, 0.4) is 0 Å². The summed E-state index contributed by atoms with van der Waals surface area (Å²) in [5.74, 6) is 0.365. The first-order chi connectivity index (χ1) is 14.7. The smallest absolute Gasteiger partial charge is 0.321 e. The van der Waals surface area contributed by atoms with Crippen molar-refractivity contribution < 1.29 is 32.2 Å². The van der Waals surface area contributed by atoms with Gasteiger partial charge in [0, 0.05) is 0 Å². The first-order valence-corrected chi connectivity index (χ1v) is 11.8. The number of carbonyl (C=O) groups is 1. The van der Waals surface area contributed by atoms with Crippen molar-refractivity contribution in [2.24, 2.45) is 0 Å². The van der Waals surface area contributed by atoms with E-state index in [9.17, 15) is 13.2 Å². The van der Waals surface area contributed by atoms with E-state index in [1.807, 2.05) is 6.92 Å². The van der Waals surface area contributed by atoms with E-state index < -0.39 is 26.9 Å². The molecule has 1 N–H and O–H groups in total. The Morgan fingerprint density at radius 2 is 1.58 bits per heavy atom. The summed E-state index contributed by atoms with van der Waals surface area (Å²) in [5, 5.41) is 0. The second-order valence-corrected chi connectivity index (χ2v) is 9.22. The Balaban J connectivity index is 2.58. The number of benzene rings is 2. The van der Waals surface area contributed by atoms with E-state index in [2.05, 4.69) is 20.7 Å². The lowest BCUT2D eigenvalue weighted by Gasteiger charge is -2.25. The predicted molar refractivity (Wildman–Crippen MR) is 120 cm³/mol. The maximum Gasteiger partial charge on any atom is 0.321 e. The van der Waals surface area contributed by atoms with Crippen LogP contribution in [0.15, 0.2) is 41.3 Å². The summed E-state index contributed by atoms with van der Waals surface area (Å²) in [6.07, 6.45) is 0. The van der Waals surface area contributed by atoms with Crippen molar-refractivity contribution in [3.05, 3.63) is 47.5 Å². The topological polar surface area (TPSA) is 100 Å². The third kappa shape index (κ3) is 5.90. The van der Waals surface area contributed by atoms with Crippen LogP contribution in [-0.4, -0.2) is 47.2 Å². The minimum absolute atomic E-state index is 0.0686. The van der Waals surface area contributed by atoms with Gasteiger partial charge in [-0.2, -0.15) is 0 Å². The third-order valence-electron chi connectivity index (χ3n) is 4.46. The lowest BCUT2D eigenvalue weighted by Crippen LogP contribution is -2.38. The van der Waals surface area contributed by atoms with Crippen LogP contribution in [0.2, 0.25) is 0 Å². The van der Waals surface area contributed by atoms with Crippen LogP contribution in [-0.2, 0) is 19.6 Å². The number of ether oxygens (including phenoxy) is 4. The minimum atomic E-state index is -3.97. The molecule has 0 amide bonds. The van der Waals surface area contributed by atoms with E-state index in [-0.39, 0.29) is 11.5 Å². The fourth-order valence-corrected chi connectivity index (χ4v) is 4.87. The Kier molecular flexibility index (Phi) is 8.72. The monoisotopic (exact) mass is 515 g/mol. The molecule has 0 aliphatic heterocycles. The number of hydrogen-bond acceptors (Lipinski definition) is 7. The second-order valence-electron chi connectivity index (χ2n) is 6.52. The van der Waals surface area contributed by atoms with Crippen molar-refractivity contribution in [3.8, 4) is 17.2 Å². The molecule has 0 aliphatic rings. The molecule has 0 saturated heterocycles. The average molecular weight is 516 g/mol. The largest absolute Gasteiger partial charge is 0.493 e. The summed E-state index contributed by atoms with van der Waals surface area (Å²) >= 11 is 3.30. The number of hydrogen-bond donors (Lipinski definition) is 1. The number of carbonyl (C=O) groups excluding carboxylic acids is 1. The van der Waals surface area contributed by atoms with Gasteiger partial charge in [0.15, 0.2) is 11.5 Å². The van der Waals surface area contributed by atoms with Crippen molar-refractivity contribution in [2.75, 3.05) is 27.9 Å². The van der Waals surface area contributed by atoms with Crippen molar-refractivity contribution in [1.82, 2.24) is 4.72 Å². The van der Waals surface area contributed by atoms with Crippen LogP contribution in [0.1, 0.15) is 24.1 Å². The van der Waals surface area contributed by atoms with Gasteiger partial charge in [-0.25, -0.2) is 13.1 Å². The van der Waals surface area contributed by atoms with Gasteiger partial charge in [0.2, 0.25) is 15.8 Å². The number of nitrogens with one attached hydrogen (secondary N) is 1. The normalized spacial score (nSPS) is 13.2. The SMILES string of the molecule is CCOC(=O)[C@H](Br)[C@H](NS(=O)(=O)c1ccc(C)cc1)c1cc(OC)c(OC)c(OC)c1.